The van der Waals surface area contributed by atoms with Gasteiger partial charge in [-0.25, -0.2) is 4.79 Å². The van der Waals surface area contributed by atoms with E-state index in [-0.39, 0.29) is 5.91 Å². The van der Waals surface area contributed by atoms with Crippen LogP contribution in [-0.4, -0.2) is 31.8 Å². The minimum Gasteiger partial charge on any atom is -0.437 e. The first-order valence-electron chi connectivity index (χ1n) is 8.18. The van der Waals surface area contributed by atoms with E-state index in [2.05, 4.69) is 20.7 Å². The number of amides is 1. The zero-order chi connectivity index (χ0) is 18.7. The molecule has 2 aromatic rings. The minimum atomic E-state index is -0.788. The van der Waals surface area contributed by atoms with E-state index in [1.165, 1.54) is 12.7 Å². The van der Waals surface area contributed by atoms with Crippen LogP contribution >= 0.6 is 15.9 Å². The van der Waals surface area contributed by atoms with Crippen molar-refractivity contribution in [2.24, 2.45) is 5.73 Å². The van der Waals surface area contributed by atoms with Gasteiger partial charge in [0.25, 0.3) is 0 Å². The van der Waals surface area contributed by atoms with Crippen molar-refractivity contribution in [1.82, 2.24) is 0 Å². The number of rotatable bonds is 4. The van der Waals surface area contributed by atoms with E-state index in [9.17, 15) is 9.59 Å². The molecule has 0 aromatic heterocycles. The molecule has 1 atom stereocenters. The van der Waals surface area contributed by atoms with Gasteiger partial charge in [-0.2, -0.15) is 0 Å². The number of hydrogen-bond acceptors (Lipinski definition) is 5. The molecule has 1 unspecified atom stereocenters. The molecule has 0 fully saturated rings. The topological polar surface area (TPSA) is 81.9 Å². The van der Waals surface area contributed by atoms with Crippen LogP contribution in [0.3, 0.4) is 0 Å². The molecule has 0 spiro atoms. The van der Waals surface area contributed by atoms with E-state index in [0.29, 0.717) is 23.2 Å². The Balaban J connectivity index is 1.69. The van der Waals surface area contributed by atoms with Gasteiger partial charge in [-0.1, -0.05) is 40.2 Å². The largest absolute Gasteiger partial charge is 0.513 e. The fourth-order valence-corrected chi connectivity index (χ4v) is 3.51. The summed E-state index contributed by atoms with van der Waals surface area (Å²) in [4.78, 5) is 25.7. The van der Waals surface area contributed by atoms with Crippen molar-refractivity contribution >= 4 is 33.7 Å². The molecule has 26 heavy (non-hydrogen) atoms. The summed E-state index contributed by atoms with van der Waals surface area (Å²) >= 11 is 3.43. The van der Waals surface area contributed by atoms with Crippen LogP contribution in [0.5, 0.6) is 5.75 Å². The number of carbonyl (C=O) groups excluding carboxylic acids is 2. The van der Waals surface area contributed by atoms with Crippen LogP contribution in [0.4, 0.5) is 10.5 Å². The predicted molar refractivity (Wildman–Crippen MR) is 101 cm³/mol. The Labute approximate surface area is 160 Å². The van der Waals surface area contributed by atoms with Gasteiger partial charge in [0.2, 0.25) is 5.91 Å². The standard InChI is InChI=1S/C19H19BrN2O4/c1-25-19(24)26-14-7-6-13(15(20)11-14)10-16(21)18(23)22-9-8-12-4-2-3-5-17(12)22/h2-7,11,16H,8-10,21H2,1H3. The zero-order valence-corrected chi connectivity index (χ0v) is 15.9. The monoisotopic (exact) mass is 418 g/mol. The van der Waals surface area contributed by atoms with E-state index >= 15 is 0 Å². The average molecular weight is 419 g/mol. The Morgan fingerprint density at radius 3 is 2.77 bits per heavy atom. The van der Waals surface area contributed by atoms with Crippen molar-refractivity contribution in [2.45, 2.75) is 18.9 Å². The third-order valence-electron chi connectivity index (χ3n) is 4.30. The number of anilines is 1. The molecule has 0 aliphatic carbocycles. The number of benzene rings is 2. The number of fused-ring (bicyclic) bond motifs is 1. The first-order valence-corrected chi connectivity index (χ1v) is 8.98. The van der Waals surface area contributed by atoms with Crippen LogP contribution < -0.4 is 15.4 Å². The molecule has 1 aliphatic heterocycles. The second-order valence-electron chi connectivity index (χ2n) is 5.99. The van der Waals surface area contributed by atoms with Gasteiger partial charge in [0.1, 0.15) is 5.75 Å². The van der Waals surface area contributed by atoms with Gasteiger partial charge in [-0.15, -0.1) is 0 Å². The van der Waals surface area contributed by atoms with Crippen LogP contribution in [0.15, 0.2) is 46.9 Å². The number of ether oxygens (including phenoxy) is 2. The van der Waals surface area contributed by atoms with Gasteiger partial charge in [-0.3, -0.25) is 4.79 Å². The fraction of sp³-hybridized carbons (Fsp3) is 0.263. The van der Waals surface area contributed by atoms with Gasteiger partial charge in [-0.05, 0) is 42.2 Å². The van der Waals surface area contributed by atoms with Gasteiger partial charge in [0.05, 0.1) is 13.2 Å². The Morgan fingerprint density at radius 1 is 1.27 bits per heavy atom. The number of nitrogens with two attached hydrogens (primary N) is 1. The van der Waals surface area contributed by atoms with Gasteiger partial charge >= 0.3 is 6.16 Å². The molecule has 6 nitrogen and oxygen atoms in total. The molecule has 1 amide bonds. The van der Waals surface area contributed by atoms with Crippen molar-refractivity contribution < 1.29 is 19.1 Å². The van der Waals surface area contributed by atoms with E-state index in [4.69, 9.17) is 10.5 Å². The maximum Gasteiger partial charge on any atom is 0.513 e. The second kappa shape index (κ2) is 7.88. The van der Waals surface area contributed by atoms with Crippen LogP contribution in [-0.2, 0) is 22.4 Å². The summed E-state index contributed by atoms with van der Waals surface area (Å²) in [5.74, 6) is 0.248. The molecule has 0 saturated heterocycles. The van der Waals surface area contributed by atoms with Crippen LogP contribution in [0.1, 0.15) is 11.1 Å². The van der Waals surface area contributed by atoms with E-state index in [0.717, 1.165) is 17.7 Å². The normalized spacial score (nSPS) is 13.9. The first-order chi connectivity index (χ1) is 12.5. The summed E-state index contributed by atoms with van der Waals surface area (Å²) < 4.78 is 10.1. The number of methoxy groups -OCH3 is 1. The van der Waals surface area contributed by atoms with Crippen LogP contribution in [0, 0.1) is 0 Å². The molecule has 136 valence electrons. The maximum absolute atomic E-state index is 12.8. The third-order valence-corrected chi connectivity index (χ3v) is 5.04. The first kappa shape index (κ1) is 18.4. The minimum absolute atomic E-state index is 0.100. The molecule has 1 heterocycles. The summed E-state index contributed by atoms with van der Waals surface area (Å²) in [6.07, 6.45) is 0.429. The summed E-state index contributed by atoms with van der Waals surface area (Å²) in [6.45, 7) is 0.652. The molecule has 1 aliphatic rings. The summed E-state index contributed by atoms with van der Waals surface area (Å²) in [6, 6.07) is 12.3. The number of carbonyl (C=O) groups is 2. The molecule has 7 heteroatoms. The SMILES string of the molecule is COC(=O)Oc1ccc(CC(N)C(=O)N2CCc3ccccc32)c(Br)c1. The molecule has 2 N–H and O–H groups in total. The molecule has 2 aromatic carbocycles. The van der Waals surface area contributed by atoms with Crippen LogP contribution in [0.2, 0.25) is 0 Å². The summed E-state index contributed by atoms with van der Waals surface area (Å²) in [5, 5.41) is 0. The highest BCUT2D eigenvalue weighted by Gasteiger charge is 2.28. The van der Waals surface area contributed by atoms with E-state index in [1.807, 2.05) is 24.3 Å². The lowest BCUT2D eigenvalue weighted by molar-refractivity contribution is -0.119. The van der Waals surface area contributed by atoms with Crippen molar-refractivity contribution in [2.75, 3.05) is 18.6 Å². The van der Waals surface area contributed by atoms with Crippen LogP contribution in [0.25, 0.3) is 0 Å². The lowest BCUT2D eigenvalue weighted by Gasteiger charge is -2.22. The van der Waals surface area contributed by atoms with Gasteiger partial charge in [0.15, 0.2) is 0 Å². The average Bonchev–Trinajstić information content (AvgIpc) is 3.07. The van der Waals surface area contributed by atoms with Gasteiger partial charge < -0.3 is 20.1 Å². The highest BCUT2D eigenvalue weighted by molar-refractivity contribution is 9.10. The van der Waals surface area contributed by atoms with Crippen molar-refractivity contribution in [3.63, 3.8) is 0 Å². The lowest BCUT2D eigenvalue weighted by atomic mass is 10.1. The smallest absolute Gasteiger partial charge is 0.437 e. The highest BCUT2D eigenvalue weighted by Crippen LogP contribution is 2.29. The molecule has 0 saturated carbocycles. The van der Waals surface area contributed by atoms with Crippen molar-refractivity contribution in [3.05, 3.63) is 58.1 Å². The molecule has 0 bridgehead atoms. The quantitative estimate of drug-likeness (QED) is 0.609. The lowest BCUT2D eigenvalue weighted by Crippen LogP contribution is -2.44. The molecular weight excluding hydrogens is 400 g/mol. The maximum atomic E-state index is 12.8. The third kappa shape index (κ3) is 3.89. The number of para-hydroxylation sites is 1. The van der Waals surface area contributed by atoms with Crippen molar-refractivity contribution in [3.8, 4) is 5.75 Å². The Bertz CT molecular complexity index is 840. The number of hydrogen-bond donors (Lipinski definition) is 1. The zero-order valence-electron chi connectivity index (χ0n) is 14.3. The second-order valence-corrected chi connectivity index (χ2v) is 6.84. The molecule has 3 rings (SSSR count). The fourth-order valence-electron chi connectivity index (χ4n) is 2.99. The molecule has 0 radical (unpaired) electrons. The molecular formula is C19H19BrN2O4. The Morgan fingerprint density at radius 2 is 2.04 bits per heavy atom. The Hall–Kier alpha value is -2.38. The number of nitrogens with zero attached hydrogens (tertiary/aromatic N) is 1. The van der Waals surface area contributed by atoms with E-state index in [1.54, 1.807) is 23.1 Å². The summed E-state index contributed by atoms with van der Waals surface area (Å²) in [5.41, 5.74) is 9.14. The highest BCUT2D eigenvalue weighted by atomic mass is 79.9. The predicted octanol–water partition coefficient (Wildman–Crippen LogP) is 3.05. The van der Waals surface area contributed by atoms with Gasteiger partial charge in [0, 0.05) is 16.7 Å². The van der Waals surface area contributed by atoms with Crippen molar-refractivity contribution in [1.29, 1.82) is 0 Å². The Kier molecular flexibility index (Phi) is 5.58. The van der Waals surface area contributed by atoms with E-state index < -0.39 is 12.2 Å². The summed E-state index contributed by atoms with van der Waals surface area (Å²) in [7, 11) is 1.24. The number of halogens is 1.